The van der Waals surface area contributed by atoms with Crippen molar-refractivity contribution in [3.63, 3.8) is 0 Å². The van der Waals surface area contributed by atoms with Crippen molar-refractivity contribution in [3.05, 3.63) is 83.4 Å². The van der Waals surface area contributed by atoms with Crippen molar-refractivity contribution in [3.8, 4) is 17.6 Å². The Balaban J connectivity index is 1.38. The minimum absolute atomic E-state index is 0.0240. The molecular weight excluding hydrogens is 456 g/mol. The standard InChI is InChI=1S/C27H26N6O3/c1-35-22-7-3-5-20(16-22)26(21-6-4-8-23(17-21)36-2)31-11-13-32(14-12-31)27(34)33-25-10-9-19(18-28)15-24(25)29-30-33/h3-10,15-17,26H,11-14H2,1-2H3. The third-order valence-corrected chi connectivity index (χ3v) is 6.52. The predicted molar refractivity (Wildman–Crippen MR) is 134 cm³/mol. The Morgan fingerprint density at radius 3 is 2.14 bits per heavy atom. The molecule has 0 atom stereocenters. The minimum atomic E-state index is -0.221. The lowest BCUT2D eigenvalue weighted by atomic mass is 9.96. The summed E-state index contributed by atoms with van der Waals surface area (Å²) in [6.45, 7) is 2.44. The lowest BCUT2D eigenvalue weighted by Gasteiger charge is -2.39. The van der Waals surface area contributed by atoms with Crippen LogP contribution < -0.4 is 9.47 Å². The van der Waals surface area contributed by atoms with Crippen molar-refractivity contribution < 1.29 is 14.3 Å². The van der Waals surface area contributed by atoms with Crippen LogP contribution in [0.4, 0.5) is 4.79 Å². The molecule has 1 saturated heterocycles. The van der Waals surface area contributed by atoms with Crippen LogP contribution in [-0.4, -0.2) is 71.2 Å². The molecule has 1 aliphatic rings. The summed E-state index contributed by atoms with van der Waals surface area (Å²) in [6.07, 6.45) is 0. The summed E-state index contributed by atoms with van der Waals surface area (Å²) in [7, 11) is 3.33. The van der Waals surface area contributed by atoms with Crippen LogP contribution in [0.5, 0.6) is 11.5 Å². The maximum Gasteiger partial charge on any atom is 0.346 e. The fourth-order valence-corrected chi connectivity index (χ4v) is 4.68. The number of rotatable bonds is 5. The van der Waals surface area contributed by atoms with Gasteiger partial charge >= 0.3 is 6.03 Å². The fourth-order valence-electron chi connectivity index (χ4n) is 4.68. The molecule has 4 aromatic rings. The average Bonchev–Trinajstić information content (AvgIpc) is 3.36. The van der Waals surface area contributed by atoms with E-state index in [0.29, 0.717) is 42.8 Å². The van der Waals surface area contributed by atoms with E-state index in [4.69, 9.17) is 14.7 Å². The van der Waals surface area contributed by atoms with Gasteiger partial charge in [-0.15, -0.1) is 5.10 Å². The first-order chi connectivity index (χ1) is 17.6. The normalized spacial score (nSPS) is 14.1. The molecule has 0 radical (unpaired) electrons. The van der Waals surface area contributed by atoms with Gasteiger partial charge in [-0.3, -0.25) is 4.90 Å². The average molecular weight is 483 g/mol. The van der Waals surface area contributed by atoms with Gasteiger partial charge in [0.2, 0.25) is 0 Å². The first kappa shape index (κ1) is 23.3. The number of fused-ring (bicyclic) bond motifs is 1. The smallest absolute Gasteiger partial charge is 0.346 e. The Labute approximate surface area is 209 Å². The summed E-state index contributed by atoms with van der Waals surface area (Å²) in [5.74, 6) is 1.60. The van der Waals surface area contributed by atoms with E-state index in [9.17, 15) is 4.79 Å². The third-order valence-electron chi connectivity index (χ3n) is 6.52. The molecule has 0 aliphatic carbocycles. The zero-order valence-corrected chi connectivity index (χ0v) is 20.2. The van der Waals surface area contributed by atoms with Crippen molar-refractivity contribution >= 4 is 17.1 Å². The van der Waals surface area contributed by atoms with Crippen molar-refractivity contribution in [1.29, 1.82) is 5.26 Å². The van der Waals surface area contributed by atoms with Gasteiger partial charge in [0.1, 0.15) is 17.0 Å². The van der Waals surface area contributed by atoms with E-state index in [-0.39, 0.29) is 12.1 Å². The van der Waals surface area contributed by atoms with Crippen molar-refractivity contribution in [2.24, 2.45) is 0 Å². The van der Waals surface area contributed by atoms with Gasteiger partial charge in [0, 0.05) is 26.2 Å². The van der Waals surface area contributed by atoms with E-state index in [2.05, 4.69) is 45.5 Å². The van der Waals surface area contributed by atoms with Crippen molar-refractivity contribution in [2.75, 3.05) is 40.4 Å². The number of methoxy groups -OCH3 is 2. The van der Waals surface area contributed by atoms with Crippen LogP contribution in [-0.2, 0) is 0 Å². The van der Waals surface area contributed by atoms with Gasteiger partial charge in [-0.05, 0) is 53.6 Å². The van der Waals surface area contributed by atoms with Crippen LogP contribution in [0, 0.1) is 11.3 Å². The molecule has 0 saturated carbocycles. The zero-order valence-electron chi connectivity index (χ0n) is 20.2. The molecular formula is C27H26N6O3. The molecule has 0 N–H and O–H groups in total. The highest BCUT2D eigenvalue weighted by Gasteiger charge is 2.30. The number of piperazine rings is 1. The minimum Gasteiger partial charge on any atom is -0.497 e. The molecule has 182 valence electrons. The first-order valence-electron chi connectivity index (χ1n) is 11.7. The van der Waals surface area contributed by atoms with E-state index in [1.54, 1.807) is 37.3 Å². The van der Waals surface area contributed by atoms with Crippen LogP contribution in [0.25, 0.3) is 11.0 Å². The second-order valence-corrected chi connectivity index (χ2v) is 8.58. The summed E-state index contributed by atoms with van der Waals surface area (Å²) < 4.78 is 12.3. The number of aromatic nitrogens is 3. The third kappa shape index (κ3) is 4.46. The molecule has 2 heterocycles. The second-order valence-electron chi connectivity index (χ2n) is 8.58. The maximum atomic E-state index is 13.3. The zero-order chi connectivity index (χ0) is 25.1. The number of nitriles is 1. The van der Waals surface area contributed by atoms with Gasteiger partial charge in [0.25, 0.3) is 0 Å². The van der Waals surface area contributed by atoms with Crippen LogP contribution in [0.3, 0.4) is 0 Å². The van der Waals surface area contributed by atoms with Gasteiger partial charge in [-0.2, -0.15) is 9.94 Å². The topological polar surface area (TPSA) is 96.5 Å². The Hall–Kier alpha value is -4.42. The van der Waals surface area contributed by atoms with E-state index < -0.39 is 0 Å². The lowest BCUT2D eigenvalue weighted by Crippen LogP contribution is -2.51. The van der Waals surface area contributed by atoms with Crippen LogP contribution in [0.1, 0.15) is 22.7 Å². The highest BCUT2D eigenvalue weighted by atomic mass is 16.5. The summed E-state index contributed by atoms with van der Waals surface area (Å²) in [5, 5.41) is 17.2. The summed E-state index contributed by atoms with van der Waals surface area (Å²) >= 11 is 0. The molecule has 1 aliphatic heterocycles. The molecule has 1 amide bonds. The Morgan fingerprint density at radius 2 is 1.56 bits per heavy atom. The van der Waals surface area contributed by atoms with Crippen LogP contribution >= 0.6 is 0 Å². The van der Waals surface area contributed by atoms with Gasteiger partial charge < -0.3 is 14.4 Å². The summed E-state index contributed by atoms with van der Waals surface area (Å²) in [6, 6.07) is 23.0. The van der Waals surface area contributed by atoms with Crippen molar-refractivity contribution in [1.82, 2.24) is 24.8 Å². The molecule has 3 aromatic carbocycles. The molecule has 5 rings (SSSR count). The number of nitrogens with zero attached hydrogens (tertiary/aromatic N) is 6. The molecule has 1 fully saturated rings. The van der Waals surface area contributed by atoms with Gasteiger partial charge in [0.05, 0.1) is 37.4 Å². The van der Waals surface area contributed by atoms with Crippen LogP contribution in [0.15, 0.2) is 66.7 Å². The molecule has 9 heteroatoms. The lowest BCUT2D eigenvalue weighted by molar-refractivity contribution is 0.120. The van der Waals surface area contributed by atoms with Crippen molar-refractivity contribution in [2.45, 2.75) is 6.04 Å². The predicted octanol–water partition coefficient (Wildman–Crippen LogP) is 3.70. The number of hydrogen-bond donors (Lipinski definition) is 0. The summed E-state index contributed by atoms with van der Waals surface area (Å²) in [4.78, 5) is 17.4. The van der Waals surface area contributed by atoms with E-state index >= 15 is 0 Å². The summed E-state index contributed by atoms with van der Waals surface area (Å²) in [5.41, 5.74) is 3.82. The molecule has 0 bridgehead atoms. The Morgan fingerprint density at radius 1 is 0.917 bits per heavy atom. The highest BCUT2D eigenvalue weighted by molar-refractivity contribution is 5.88. The molecule has 9 nitrogen and oxygen atoms in total. The highest BCUT2D eigenvalue weighted by Crippen LogP contribution is 2.33. The Kier molecular flexibility index (Phi) is 6.52. The number of ether oxygens (including phenoxy) is 2. The number of benzene rings is 3. The molecule has 1 aromatic heterocycles. The SMILES string of the molecule is COc1cccc(C(c2cccc(OC)c2)N2CCN(C(=O)n3nnc4cc(C#N)ccc43)CC2)c1. The van der Waals surface area contributed by atoms with E-state index in [1.165, 1.54) is 4.68 Å². The number of carbonyl (C=O) groups excluding carboxylic acids is 1. The number of amides is 1. The number of hydrogen-bond acceptors (Lipinski definition) is 7. The van der Waals surface area contributed by atoms with Gasteiger partial charge in [-0.25, -0.2) is 4.79 Å². The van der Waals surface area contributed by atoms with Crippen LogP contribution in [0.2, 0.25) is 0 Å². The molecule has 0 unspecified atom stereocenters. The van der Waals surface area contributed by atoms with Gasteiger partial charge in [0.15, 0.2) is 0 Å². The number of carbonyl (C=O) groups is 1. The Bertz CT molecular complexity index is 1390. The quantitative estimate of drug-likeness (QED) is 0.428. The molecule has 36 heavy (non-hydrogen) atoms. The maximum absolute atomic E-state index is 13.3. The second kappa shape index (κ2) is 10.1. The van der Waals surface area contributed by atoms with E-state index in [0.717, 1.165) is 22.6 Å². The fraction of sp³-hybridized carbons (Fsp3) is 0.259. The largest absolute Gasteiger partial charge is 0.497 e. The monoisotopic (exact) mass is 482 g/mol. The molecule has 0 spiro atoms. The first-order valence-corrected chi connectivity index (χ1v) is 11.7. The van der Waals surface area contributed by atoms with E-state index in [1.807, 2.05) is 24.3 Å². The van der Waals surface area contributed by atoms with Gasteiger partial charge in [-0.1, -0.05) is 29.5 Å².